The van der Waals surface area contributed by atoms with Crippen LogP contribution in [-0.2, 0) is 4.74 Å². The first kappa shape index (κ1) is 14.2. The van der Waals surface area contributed by atoms with E-state index in [1.807, 2.05) is 5.43 Å². The molecular formula is C11H24N4O2. The van der Waals surface area contributed by atoms with Crippen LogP contribution in [0.1, 0.15) is 39.0 Å². The van der Waals surface area contributed by atoms with Crippen LogP contribution in [0.3, 0.4) is 0 Å². The number of hydrazine groups is 2. The van der Waals surface area contributed by atoms with Gasteiger partial charge in [-0.2, -0.15) is 0 Å². The Morgan fingerprint density at radius 3 is 2.35 bits per heavy atom. The van der Waals surface area contributed by atoms with Gasteiger partial charge in [-0.25, -0.2) is 16.5 Å². The number of amides is 2. The molecule has 6 heteroatoms. The Hall–Kier alpha value is -0.850. The minimum absolute atomic E-state index is 0.0994. The van der Waals surface area contributed by atoms with E-state index in [9.17, 15) is 4.79 Å². The third kappa shape index (κ3) is 6.45. The number of urea groups is 1. The molecule has 0 bridgehead atoms. The molecule has 2 aliphatic rings. The van der Waals surface area contributed by atoms with Crippen molar-refractivity contribution in [2.45, 2.75) is 45.1 Å². The fourth-order valence-corrected chi connectivity index (χ4v) is 1.87. The van der Waals surface area contributed by atoms with Gasteiger partial charge >= 0.3 is 6.03 Å². The molecule has 1 atom stereocenters. The molecule has 5 N–H and O–H groups in total. The molecule has 0 radical (unpaired) electrons. The van der Waals surface area contributed by atoms with Crippen LogP contribution in [0.15, 0.2) is 0 Å². The monoisotopic (exact) mass is 244 g/mol. The molecule has 0 aromatic rings. The molecule has 2 amide bonds. The van der Waals surface area contributed by atoms with E-state index in [0.717, 1.165) is 10.9 Å². The zero-order valence-corrected chi connectivity index (χ0v) is 10.5. The van der Waals surface area contributed by atoms with E-state index < -0.39 is 6.03 Å². The van der Waals surface area contributed by atoms with Crippen molar-refractivity contribution in [3.8, 4) is 0 Å². The van der Waals surface area contributed by atoms with Crippen LogP contribution >= 0.6 is 0 Å². The Labute approximate surface area is 103 Å². The predicted octanol–water partition coefficient (Wildman–Crippen LogP) is 0.731. The van der Waals surface area contributed by atoms with Gasteiger partial charge in [0, 0.05) is 0 Å². The summed E-state index contributed by atoms with van der Waals surface area (Å²) in [6.07, 6.45) is 7.54. The number of carbonyl (C=O) groups excluding carboxylic acids is 1. The van der Waals surface area contributed by atoms with Crippen LogP contribution in [0.25, 0.3) is 0 Å². The quantitative estimate of drug-likeness (QED) is 0.289. The molecule has 100 valence electrons. The number of nitrogens with zero attached hydrogens (tertiary/aromatic N) is 1. The Bertz CT molecular complexity index is 228. The maximum atomic E-state index is 10.6. The van der Waals surface area contributed by atoms with Gasteiger partial charge in [0.15, 0.2) is 0 Å². The summed E-state index contributed by atoms with van der Waals surface area (Å²) in [7, 11) is 0. The first-order chi connectivity index (χ1) is 8.13. The van der Waals surface area contributed by atoms with Crippen LogP contribution in [0.4, 0.5) is 4.79 Å². The number of epoxide rings is 1. The van der Waals surface area contributed by atoms with Crippen molar-refractivity contribution in [3.05, 3.63) is 0 Å². The number of rotatable bonds is 2. The molecular weight excluding hydrogens is 220 g/mol. The largest absolute Gasteiger partial charge is 0.371 e. The van der Waals surface area contributed by atoms with Gasteiger partial charge in [-0.05, 0) is 5.92 Å². The van der Waals surface area contributed by atoms with E-state index in [0.29, 0.717) is 13.2 Å². The topological polar surface area (TPSA) is 96.9 Å². The van der Waals surface area contributed by atoms with Gasteiger partial charge < -0.3 is 4.74 Å². The lowest BCUT2D eigenvalue weighted by Gasteiger charge is -2.15. The SMILES string of the molecule is CC1CCCCC1.NNC(=O)N(N)CC1CO1. The Morgan fingerprint density at radius 2 is 2.00 bits per heavy atom. The van der Waals surface area contributed by atoms with Crippen LogP contribution in [-0.4, -0.2) is 30.3 Å². The van der Waals surface area contributed by atoms with E-state index in [1.165, 1.54) is 32.1 Å². The lowest BCUT2D eigenvalue weighted by Crippen LogP contribution is -2.48. The second-order valence-corrected chi connectivity index (χ2v) is 4.80. The molecule has 17 heavy (non-hydrogen) atoms. The third-order valence-corrected chi connectivity index (χ3v) is 3.08. The zero-order chi connectivity index (χ0) is 12.7. The van der Waals surface area contributed by atoms with Crippen LogP contribution < -0.4 is 17.1 Å². The predicted molar refractivity (Wildman–Crippen MR) is 65.6 cm³/mol. The second-order valence-electron chi connectivity index (χ2n) is 4.80. The van der Waals surface area contributed by atoms with Crippen molar-refractivity contribution in [1.82, 2.24) is 10.4 Å². The summed E-state index contributed by atoms with van der Waals surface area (Å²) >= 11 is 0. The van der Waals surface area contributed by atoms with Gasteiger partial charge in [0.2, 0.25) is 0 Å². The fraction of sp³-hybridized carbons (Fsp3) is 0.909. The average molecular weight is 244 g/mol. The molecule has 1 aliphatic carbocycles. The smallest absolute Gasteiger partial charge is 0.345 e. The number of carbonyl (C=O) groups is 1. The first-order valence-corrected chi connectivity index (χ1v) is 6.28. The summed E-state index contributed by atoms with van der Waals surface area (Å²) in [6, 6.07) is -0.504. The maximum Gasteiger partial charge on any atom is 0.345 e. The zero-order valence-electron chi connectivity index (χ0n) is 10.5. The molecule has 2 fully saturated rings. The second kappa shape index (κ2) is 7.47. The van der Waals surface area contributed by atoms with Gasteiger partial charge in [-0.15, -0.1) is 0 Å². The number of ether oxygens (including phenoxy) is 1. The number of nitrogens with one attached hydrogen (secondary N) is 1. The van der Waals surface area contributed by atoms with Crippen molar-refractivity contribution >= 4 is 6.03 Å². The van der Waals surface area contributed by atoms with Gasteiger partial charge in [-0.1, -0.05) is 39.0 Å². The van der Waals surface area contributed by atoms with Crippen molar-refractivity contribution in [2.75, 3.05) is 13.2 Å². The Kier molecular flexibility index (Phi) is 6.25. The molecule has 1 saturated heterocycles. The minimum Gasteiger partial charge on any atom is -0.371 e. The summed E-state index contributed by atoms with van der Waals surface area (Å²) in [6.45, 7) is 3.42. The van der Waals surface area contributed by atoms with Crippen molar-refractivity contribution < 1.29 is 9.53 Å². The highest BCUT2D eigenvalue weighted by atomic mass is 16.6. The molecule has 1 aliphatic heterocycles. The van der Waals surface area contributed by atoms with Gasteiger partial charge in [-0.3, -0.25) is 10.4 Å². The van der Waals surface area contributed by atoms with Crippen molar-refractivity contribution in [2.24, 2.45) is 17.6 Å². The van der Waals surface area contributed by atoms with E-state index >= 15 is 0 Å². The van der Waals surface area contributed by atoms with E-state index in [2.05, 4.69) is 6.92 Å². The maximum absolute atomic E-state index is 10.6. The molecule has 0 aromatic heterocycles. The van der Waals surface area contributed by atoms with Crippen LogP contribution in [0, 0.1) is 5.92 Å². The number of hydrogen-bond donors (Lipinski definition) is 3. The highest BCUT2D eigenvalue weighted by Crippen LogP contribution is 2.22. The lowest BCUT2D eigenvalue weighted by molar-refractivity contribution is 0.193. The number of hydrogen-bond acceptors (Lipinski definition) is 4. The normalized spacial score (nSPS) is 23.4. The van der Waals surface area contributed by atoms with Crippen molar-refractivity contribution in [3.63, 3.8) is 0 Å². The Morgan fingerprint density at radius 1 is 1.41 bits per heavy atom. The van der Waals surface area contributed by atoms with Gasteiger partial charge in [0.25, 0.3) is 0 Å². The highest BCUT2D eigenvalue weighted by molar-refractivity contribution is 5.72. The summed E-state index contributed by atoms with van der Waals surface area (Å²) in [5.74, 6) is 11.1. The summed E-state index contributed by atoms with van der Waals surface area (Å²) < 4.78 is 4.83. The first-order valence-electron chi connectivity index (χ1n) is 6.28. The van der Waals surface area contributed by atoms with Crippen LogP contribution in [0.2, 0.25) is 0 Å². The molecule has 1 saturated carbocycles. The van der Waals surface area contributed by atoms with E-state index in [-0.39, 0.29) is 6.10 Å². The summed E-state index contributed by atoms with van der Waals surface area (Å²) in [5, 5.41) is 0.984. The third-order valence-electron chi connectivity index (χ3n) is 3.08. The standard InChI is InChI=1S/C7H14.C4H10N4O2/c1-7-5-3-2-4-6-7;5-7-4(9)8(6)1-3-2-10-3/h7H,2-6H2,1H3;3H,1-2,5-6H2,(H,7,9). The fourth-order valence-electron chi connectivity index (χ4n) is 1.87. The molecule has 6 nitrogen and oxygen atoms in total. The summed E-state index contributed by atoms with van der Waals surface area (Å²) in [4.78, 5) is 10.6. The molecule has 1 unspecified atom stereocenters. The lowest BCUT2D eigenvalue weighted by atomic mass is 9.91. The van der Waals surface area contributed by atoms with Gasteiger partial charge in [0.05, 0.1) is 13.2 Å². The molecule has 0 spiro atoms. The molecule has 0 aromatic carbocycles. The Balaban J connectivity index is 0.000000181. The minimum atomic E-state index is -0.504. The van der Waals surface area contributed by atoms with E-state index in [1.54, 1.807) is 0 Å². The number of nitrogens with two attached hydrogens (primary N) is 2. The summed E-state index contributed by atoms with van der Waals surface area (Å²) in [5.41, 5.74) is 1.90. The molecule has 2 rings (SSSR count). The van der Waals surface area contributed by atoms with Gasteiger partial charge in [0.1, 0.15) is 6.10 Å². The molecule has 1 heterocycles. The van der Waals surface area contributed by atoms with Crippen molar-refractivity contribution in [1.29, 1.82) is 0 Å². The highest BCUT2D eigenvalue weighted by Gasteiger charge is 2.26. The van der Waals surface area contributed by atoms with E-state index in [4.69, 9.17) is 16.4 Å². The average Bonchev–Trinajstić information content (AvgIpc) is 3.13. The van der Waals surface area contributed by atoms with Crippen LogP contribution in [0.5, 0.6) is 0 Å².